The molecule has 2 aromatic carbocycles. The summed E-state index contributed by atoms with van der Waals surface area (Å²) in [6, 6.07) is 16.2. The van der Waals surface area contributed by atoms with Crippen LogP contribution in [-0.4, -0.2) is 48.3 Å². The SMILES string of the molecule is CC(C)[C@@H](NC(=O)CCNC(=O)c1ccccc1)C(=O)N1CCC(c2ccc(Cl)cc2)C(C)(C)C1. The Hall–Kier alpha value is -2.86. The minimum atomic E-state index is -0.602. The van der Waals surface area contributed by atoms with E-state index in [9.17, 15) is 14.4 Å². The molecule has 3 amide bonds. The van der Waals surface area contributed by atoms with Crippen LogP contribution in [0.25, 0.3) is 0 Å². The van der Waals surface area contributed by atoms with E-state index in [4.69, 9.17) is 11.6 Å². The Balaban J connectivity index is 1.55. The molecule has 2 aromatic rings. The molecule has 1 unspecified atom stereocenters. The maximum Gasteiger partial charge on any atom is 0.251 e. The second kappa shape index (κ2) is 11.7. The number of carbonyl (C=O) groups excluding carboxylic acids is 3. The summed E-state index contributed by atoms with van der Waals surface area (Å²) >= 11 is 6.06. The number of amides is 3. The highest BCUT2D eigenvalue weighted by Crippen LogP contribution is 2.42. The van der Waals surface area contributed by atoms with E-state index in [-0.39, 0.29) is 42.0 Å². The molecule has 0 bridgehead atoms. The summed E-state index contributed by atoms with van der Waals surface area (Å²) in [6.45, 7) is 9.71. The molecule has 188 valence electrons. The van der Waals surface area contributed by atoms with Crippen molar-refractivity contribution in [1.29, 1.82) is 0 Å². The third-order valence-electron chi connectivity index (χ3n) is 6.74. The Morgan fingerprint density at radius 2 is 1.71 bits per heavy atom. The highest BCUT2D eigenvalue weighted by Gasteiger charge is 2.40. The largest absolute Gasteiger partial charge is 0.352 e. The van der Waals surface area contributed by atoms with Crippen LogP contribution in [-0.2, 0) is 9.59 Å². The molecule has 1 heterocycles. The molecule has 2 atom stereocenters. The number of piperidine rings is 1. The van der Waals surface area contributed by atoms with Gasteiger partial charge < -0.3 is 15.5 Å². The quantitative estimate of drug-likeness (QED) is 0.557. The van der Waals surface area contributed by atoms with Crippen molar-refractivity contribution in [2.75, 3.05) is 19.6 Å². The zero-order chi connectivity index (χ0) is 25.6. The van der Waals surface area contributed by atoms with Crippen LogP contribution in [0, 0.1) is 11.3 Å². The molecule has 0 aliphatic carbocycles. The summed E-state index contributed by atoms with van der Waals surface area (Å²) in [4.78, 5) is 40.1. The van der Waals surface area contributed by atoms with Crippen LogP contribution in [0.2, 0.25) is 5.02 Å². The number of nitrogens with one attached hydrogen (secondary N) is 2. The Morgan fingerprint density at radius 1 is 1.06 bits per heavy atom. The van der Waals surface area contributed by atoms with Gasteiger partial charge in [-0.3, -0.25) is 14.4 Å². The van der Waals surface area contributed by atoms with Gasteiger partial charge in [0.15, 0.2) is 0 Å². The van der Waals surface area contributed by atoms with E-state index in [2.05, 4.69) is 36.6 Å². The number of rotatable bonds is 8. The van der Waals surface area contributed by atoms with E-state index in [1.807, 2.05) is 36.9 Å². The molecular formula is C28H36ClN3O3. The van der Waals surface area contributed by atoms with Crippen molar-refractivity contribution in [2.24, 2.45) is 11.3 Å². The van der Waals surface area contributed by atoms with Crippen LogP contribution in [0.5, 0.6) is 0 Å². The standard InChI is InChI=1S/C28H36ClN3O3/c1-19(2)25(31-24(33)14-16-30-26(34)21-8-6-5-7-9-21)27(35)32-17-15-23(28(3,4)18-32)20-10-12-22(29)13-11-20/h5-13,19,23,25H,14-18H2,1-4H3,(H,30,34)(H,31,33)/t23?,25-/m1/s1. The van der Waals surface area contributed by atoms with Crippen LogP contribution < -0.4 is 10.6 Å². The smallest absolute Gasteiger partial charge is 0.251 e. The predicted molar refractivity (Wildman–Crippen MR) is 139 cm³/mol. The predicted octanol–water partition coefficient (Wildman–Crippen LogP) is 4.64. The highest BCUT2D eigenvalue weighted by molar-refractivity contribution is 6.30. The van der Waals surface area contributed by atoms with Gasteiger partial charge in [-0.2, -0.15) is 0 Å². The van der Waals surface area contributed by atoms with Crippen molar-refractivity contribution < 1.29 is 14.4 Å². The van der Waals surface area contributed by atoms with Crippen LogP contribution >= 0.6 is 11.6 Å². The minimum Gasteiger partial charge on any atom is -0.352 e. The average molecular weight is 498 g/mol. The lowest BCUT2D eigenvalue weighted by Gasteiger charge is -2.45. The molecule has 0 saturated carbocycles. The zero-order valence-corrected chi connectivity index (χ0v) is 21.8. The number of likely N-dealkylation sites (tertiary alicyclic amines) is 1. The molecule has 7 heteroatoms. The van der Waals surface area contributed by atoms with Gasteiger partial charge in [0.25, 0.3) is 5.91 Å². The van der Waals surface area contributed by atoms with Crippen molar-refractivity contribution in [1.82, 2.24) is 15.5 Å². The normalized spacial score (nSPS) is 18.1. The van der Waals surface area contributed by atoms with Crippen LogP contribution in [0.4, 0.5) is 0 Å². The summed E-state index contributed by atoms with van der Waals surface area (Å²) in [5, 5.41) is 6.38. The van der Waals surface area contributed by atoms with E-state index in [1.165, 1.54) is 5.56 Å². The maximum absolute atomic E-state index is 13.4. The second-order valence-electron chi connectivity index (χ2n) is 10.3. The fourth-order valence-corrected chi connectivity index (χ4v) is 4.92. The van der Waals surface area contributed by atoms with Crippen LogP contribution in [0.15, 0.2) is 54.6 Å². The molecule has 1 fully saturated rings. The van der Waals surface area contributed by atoms with E-state index >= 15 is 0 Å². The van der Waals surface area contributed by atoms with Gasteiger partial charge in [0, 0.05) is 36.6 Å². The summed E-state index contributed by atoms with van der Waals surface area (Å²) in [6.07, 6.45) is 0.962. The molecule has 0 radical (unpaired) electrons. The Morgan fingerprint density at radius 3 is 2.31 bits per heavy atom. The molecule has 1 aliphatic heterocycles. The van der Waals surface area contributed by atoms with Crippen LogP contribution in [0.3, 0.4) is 0 Å². The molecule has 0 spiro atoms. The van der Waals surface area contributed by atoms with Gasteiger partial charge in [0.1, 0.15) is 6.04 Å². The summed E-state index contributed by atoms with van der Waals surface area (Å²) in [5.41, 5.74) is 1.67. The van der Waals surface area contributed by atoms with Gasteiger partial charge in [-0.25, -0.2) is 0 Å². The fourth-order valence-electron chi connectivity index (χ4n) is 4.79. The maximum atomic E-state index is 13.4. The average Bonchev–Trinajstić information content (AvgIpc) is 2.82. The lowest BCUT2D eigenvalue weighted by molar-refractivity contribution is -0.140. The van der Waals surface area contributed by atoms with Gasteiger partial charge in [0.2, 0.25) is 11.8 Å². The van der Waals surface area contributed by atoms with E-state index in [0.717, 1.165) is 6.42 Å². The second-order valence-corrected chi connectivity index (χ2v) is 10.7. The highest BCUT2D eigenvalue weighted by atomic mass is 35.5. The first-order valence-corrected chi connectivity index (χ1v) is 12.6. The lowest BCUT2D eigenvalue weighted by Crippen LogP contribution is -2.56. The third-order valence-corrected chi connectivity index (χ3v) is 6.99. The molecule has 6 nitrogen and oxygen atoms in total. The van der Waals surface area contributed by atoms with Crippen molar-refractivity contribution in [2.45, 2.75) is 52.5 Å². The lowest BCUT2D eigenvalue weighted by atomic mass is 9.70. The zero-order valence-electron chi connectivity index (χ0n) is 21.0. The Bertz CT molecular complexity index is 1020. The van der Waals surface area contributed by atoms with Crippen molar-refractivity contribution in [3.8, 4) is 0 Å². The van der Waals surface area contributed by atoms with Crippen molar-refractivity contribution in [3.05, 3.63) is 70.7 Å². The number of nitrogens with zero attached hydrogens (tertiary/aromatic N) is 1. The van der Waals surface area contributed by atoms with Gasteiger partial charge in [0.05, 0.1) is 0 Å². The number of halogens is 1. The fraction of sp³-hybridized carbons (Fsp3) is 0.464. The first-order chi connectivity index (χ1) is 16.6. The molecular weight excluding hydrogens is 462 g/mol. The Kier molecular flexibility index (Phi) is 8.95. The van der Waals surface area contributed by atoms with E-state index in [0.29, 0.717) is 29.6 Å². The third kappa shape index (κ3) is 7.07. The molecule has 1 saturated heterocycles. The Labute approximate surface area is 213 Å². The first kappa shape index (κ1) is 26.7. The molecule has 3 rings (SSSR count). The first-order valence-electron chi connectivity index (χ1n) is 12.3. The van der Waals surface area contributed by atoms with Crippen molar-refractivity contribution >= 4 is 29.3 Å². The van der Waals surface area contributed by atoms with E-state index in [1.54, 1.807) is 24.3 Å². The molecule has 1 aliphatic rings. The number of benzene rings is 2. The van der Waals surface area contributed by atoms with Gasteiger partial charge in [-0.05, 0) is 53.5 Å². The number of hydrogen-bond acceptors (Lipinski definition) is 3. The van der Waals surface area contributed by atoms with E-state index < -0.39 is 6.04 Å². The summed E-state index contributed by atoms with van der Waals surface area (Å²) in [5.74, 6) is -0.253. The monoisotopic (exact) mass is 497 g/mol. The van der Waals surface area contributed by atoms with Gasteiger partial charge >= 0.3 is 0 Å². The van der Waals surface area contributed by atoms with Crippen molar-refractivity contribution in [3.63, 3.8) is 0 Å². The van der Waals surface area contributed by atoms with Gasteiger partial charge in [-0.1, -0.05) is 69.6 Å². The minimum absolute atomic E-state index is 0.0516. The van der Waals surface area contributed by atoms with Gasteiger partial charge in [-0.15, -0.1) is 0 Å². The summed E-state index contributed by atoms with van der Waals surface area (Å²) < 4.78 is 0. The molecule has 2 N–H and O–H groups in total. The summed E-state index contributed by atoms with van der Waals surface area (Å²) in [7, 11) is 0. The number of hydrogen-bond donors (Lipinski definition) is 2. The number of carbonyl (C=O) groups is 3. The van der Waals surface area contributed by atoms with Crippen LogP contribution in [0.1, 0.15) is 62.4 Å². The molecule has 0 aromatic heterocycles. The topological polar surface area (TPSA) is 78.5 Å². The molecule has 35 heavy (non-hydrogen) atoms.